The average molecular weight is 562 g/mol. The Morgan fingerprint density at radius 1 is 0.947 bits per heavy atom. The Labute approximate surface area is 234 Å². The van der Waals surface area contributed by atoms with E-state index >= 15 is 0 Å². The van der Waals surface area contributed by atoms with E-state index in [-0.39, 0.29) is 11.5 Å². The third kappa shape index (κ3) is 10.4. The molecule has 2 aromatic carbocycles. The summed E-state index contributed by atoms with van der Waals surface area (Å²) in [5.74, 6) is -1.65. The molecule has 2 N–H and O–H groups in total. The summed E-state index contributed by atoms with van der Waals surface area (Å²) in [4.78, 5) is 25.5. The Morgan fingerprint density at radius 2 is 1.55 bits per heavy atom. The van der Waals surface area contributed by atoms with Gasteiger partial charge in [-0.15, -0.1) is 0 Å². The standard InChI is InChI=1S/C30H44ClNO5Si/c1-29(2,3)36-28(35)32-25(19-21-13-10-9-11-14-21)26(37-38(7,8)30(4,5)6)20-23(27(33)34)17-22-15-12-16-24(31)18-22/h9-16,18,23,25-26H,17,19-20H2,1-8H3,(H,32,35)(H,33,34)/t23-,25+,26+/m1/s1. The van der Waals surface area contributed by atoms with Gasteiger partial charge in [0, 0.05) is 5.02 Å². The number of ether oxygens (including phenoxy) is 1. The Balaban J connectivity index is 2.48. The number of carbonyl (C=O) groups is 2. The first-order valence-electron chi connectivity index (χ1n) is 13.2. The zero-order chi connectivity index (χ0) is 28.7. The lowest BCUT2D eigenvalue weighted by atomic mass is 9.89. The second-order valence-electron chi connectivity index (χ2n) is 12.5. The summed E-state index contributed by atoms with van der Waals surface area (Å²) in [6, 6.07) is 16.6. The van der Waals surface area contributed by atoms with Crippen molar-refractivity contribution < 1.29 is 23.9 Å². The lowest BCUT2D eigenvalue weighted by molar-refractivity contribution is -0.142. The Bertz CT molecular complexity index is 1060. The van der Waals surface area contributed by atoms with Crippen LogP contribution < -0.4 is 5.32 Å². The number of benzene rings is 2. The smallest absolute Gasteiger partial charge is 0.407 e. The molecule has 0 fully saturated rings. The molecule has 0 aliphatic heterocycles. The molecule has 2 aromatic rings. The van der Waals surface area contributed by atoms with Crippen LogP contribution in [0.3, 0.4) is 0 Å². The van der Waals surface area contributed by atoms with Crippen molar-refractivity contribution in [1.82, 2.24) is 5.32 Å². The van der Waals surface area contributed by atoms with Gasteiger partial charge in [-0.2, -0.15) is 0 Å². The van der Waals surface area contributed by atoms with Crippen molar-refractivity contribution in [2.24, 2.45) is 5.92 Å². The first kappa shape index (κ1) is 31.9. The van der Waals surface area contributed by atoms with Crippen LogP contribution in [-0.4, -0.2) is 43.2 Å². The van der Waals surface area contributed by atoms with E-state index in [1.165, 1.54) is 0 Å². The summed E-state index contributed by atoms with van der Waals surface area (Å²) in [5.41, 5.74) is 1.18. The topological polar surface area (TPSA) is 84.9 Å². The highest BCUT2D eigenvalue weighted by Gasteiger charge is 2.42. The van der Waals surface area contributed by atoms with Gasteiger partial charge in [-0.05, 0) is 81.4 Å². The molecular formula is C30H44ClNO5Si. The van der Waals surface area contributed by atoms with E-state index in [1.807, 2.05) is 63.2 Å². The Hall–Kier alpha value is -2.35. The first-order valence-corrected chi connectivity index (χ1v) is 16.4. The van der Waals surface area contributed by atoms with Crippen molar-refractivity contribution in [3.63, 3.8) is 0 Å². The maximum Gasteiger partial charge on any atom is 0.407 e. The van der Waals surface area contributed by atoms with Crippen LogP contribution in [-0.2, 0) is 26.8 Å². The van der Waals surface area contributed by atoms with Crippen molar-refractivity contribution in [3.8, 4) is 0 Å². The molecule has 0 bridgehead atoms. The summed E-state index contributed by atoms with van der Waals surface area (Å²) in [6.45, 7) is 16.1. The molecule has 210 valence electrons. The number of carboxylic acid groups (broad SMARTS) is 1. The van der Waals surface area contributed by atoms with Gasteiger partial charge < -0.3 is 19.6 Å². The largest absolute Gasteiger partial charge is 0.481 e. The van der Waals surface area contributed by atoms with Crippen molar-refractivity contribution in [1.29, 1.82) is 0 Å². The van der Waals surface area contributed by atoms with Gasteiger partial charge in [0.05, 0.1) is 18.1 Å². The molecule has 2 rings (SSSR count). The van der Waals surface area contributed by atoms with Gasteiger partial charge in [-0.3, -0.25) is 4.79 Å². The Kier molecular flexibility index (Phi) is 11.0. The number of carbonyl (C=O) groups excluding carboxylic acids is 1. The van der Waals surface area contributed by atoms with Gasteiger partial charge >= 0.3 is 12.1 Å². The Morgan fingerprint density at radius 3 is 2.08 bits per heavy atom. The number of nitrogens with one attached hydrogen (secondary N) is 1. The number of halogens is 1. The van der Waals surface area contributed by atoms with Gasteiger partial charge in [0.25, 0.3) is 0 Å². The summed E-state index contributed by atoms with van der Waals surface area (Å²) >= 11 is 6.17. The van der Waals surface area contributed by atoms with E-state index in [9.17, 15) is 14.7 Å². The summed E-state index contributed by atoms with van der Waals surface area (Å²) in [5, 5.41) is 13.7. The predicted octanol–water partition coefficient (Wildman–Crippen LogP) is 7.50. The number of rotatable bonds is 11. The van der Waals surface area contributed by atoms with Crippen LogP contribution in [0.5, 0.6) is 0 Å². The minimum atomic E-state index is -2.35. The fourth-order valence-electron chi connectivity index (χ4n) is 3.95. The van der Waals surface area contributed by atoms with Crippen LogP contribution in [0.4, 0.5) is 4.79 Å². The third-order valence-corrected chi connectivity index (χ3v) is 11.7. The van der Waals surface area contributed by atoms with Gasteiger partial charge in [-0.25, -0.2) is 4.79 Å². The predicted molar refractivity (Wildman–Crippen MR) is 156 cm³/mol. The van der Waals surface area contributed by atoms with E-state index in [4.69, 9.17) is 20.8 Å². The summed E-state index contributed by atoms with van der Waals surface area (Å²) in [6.07, 6.45) is -0.102. The van der Waals surface area contributed by atoms with E-state index < -0.39 is 44.0 Å². The van der Waals surface area contributed by atoms with E-state index in [0.29, 0.717) is 17.9 Å². The van der Waals surface area contributed by atoms with Gasteiger partial charge in [0.1, 0.15) is 5.60 Å². The molecule has 8 heteroatoms. The van der Waals surface area contributed by atoms with Gasteiger partial charge in [-0.1, -0.05) is 74.8 Å². The van der Waals surface area contributed by atoms with Crippen molar-refractivity contribution in [3.05, 3.63) is 70.7 Å². The highest BCUT2D eigenvalue weighted by atomic mass is 35.5. The number of alkyl carbamates (subject to hydrolysis) is 1. The monoisotopic (exact) mass is 561 g/mol. The second-order valence-corrected chi connectivity index (χ2v) is 17.7. The maximum atomic E-state index is 13.0. The molecule has 0 unspecified atom stereocenters. The van der Waals surface area contributed by atoms with Crippen LogP contribution in [0.25, 0.3) is 0 Å². The maximum absolute atomic E-state index is 13.0. The molecule has 3 atom stereocenters. The zero-order valence-electron chi connectivity index (χ0n) is 24.0. The molecule has 0 radical (unpaired) electrons. The molecule has 0 aromatic heterocycles. The fourth-order valence-corrected chi connectivity index (χ4v) is 5.54. The minimum absolute atomic E-state index is 0.111. The lowest BCUT2D eigenvalue weighted by Gasteiger charge is -2.42. The molecule has 0 saturated heterocycles. The number of carboxylic acids is 1. The molecule has 0 spiro atoms. The fraction of sp³-hybridized carbons (Fsp3) is 0.533. The van der Waals surface area contributed by atoms with Crippen LogP contribution in [0, 0.1) is 5.92 Å². The molecule has 6 nitrogen and oxygen atoms in total. The molecular weight excluding hydrogens is 518 g/mol. The van der Waals surface area contributed by atoms with E-state index in [2.05, 4.69) is 39.2 Å². The molecule has 38 heavy (non-hydrogen) atoms. The second kappa shape index (κ2) is 13.1. The van der Waals surface area contributed by atoms with Crippen LogP contribution in [0.2, 0.25) is 23.2 Å². The normalized spacial score (nSPS) is 14.9. The molecule has 0 aliphatic carbocycles. The number of aliphatic carboxylic acids is 1. The molecule has 0 heterocycles. The molecule has 1 amide bonds. The third-order valence-electron chi connectivity index (χ3n) is 6.94. The average Bonchev–Trinajstić information content (AvgIpc) is 2.76. The quantitative estimate of drug-likeness (QED) is 0.277. The molecule has 0 aliphatic rings. The number of amides is 1. The SMILES string of the molecule is CC(C)(C)OC(=O)N[C@@H](Cc1ccccc1)[C@H](C[C@@H](Cc1cccc(Cl)c1)C(=O)O)O[Si](C)(C)C(C)(C)C. The molecule has 0 saturated carbocycles. The van der Waals surface area contributed by atoms with Gasteiger partial charge in [0.15, 0.2) is 8.32 Å². The van der Waals surface area contributed by atoms with E-state index in [0.717, 1.165) is 11.1 Å². The summed E-state index contributed by atoms with van der Waals surface area (Å²) < 4.78 is 12.5. The number of hydrogen-bond acceptors (Lipinski definition) is 4. The first-order chi connectivity index (χ1) is 17.5. The minimum Gasteiger partial charge on any atom is -0.481 e. The van der Waals surface area contributed by atoms with Crippen molar-refractivity contribution >= 4 is 32.0 Å². The van der Waals surface area contributed by atoms with Gasteiger partial charge in [0.2, 0.25) is 0 Å². The van der Waals surface area contributed by atoms with Crippen LogP contribution >= 0.6 is 11.6 Å². The highest BCUT2D eigenvalue weighted by Crippen LogP contribution is 2.39. The number of hydrogen-bond donors (Lipinski definition) is 2. The lowest BCUT2D eigenvalue weighted by Crippen LogP contribution is -2.54. The highest BCUT2D eigenvalue weighted by molar-refractivity contribution is 6.74. The van der Waals surface area contributed by atoms with Crippen molar-refractivity contribution in [2.45, 2.75) is 96.7 Å². The summed E-state index contributed by atoms with van der Waals surface area (Å²) in [7, 11) is -2.35. The van der Waals surface area contributed by atoms with Crippen molar-refractivity contribution in [2.75, 3.05) is 0 Å². The van der Waals surface area contributed by atoms with E-state index in [1.54, 1.807) is 12.1 Å². The van der Waals surface area contributed by atoms with Crippen LogP contribution in [0.1, 0.15) is 59.1 Å². The van der Waals surface area contributed by atoms with Crippen LogP contribution in [0.15, 0.2) is 54.6 Å². The zero-order valence-corrected chi connectivity index (χ0v) is 25.8.